The third-order valence-electron chi connectivity index (χ3n) is 6.94. The number of rotatable bonds is 2. The molecule has 2 saturated carbocycles. The molecular formula is C18H27NO4. The van der Waals surface area contributed by atoms with E-state index in [9.17, 15) is 9.59 Å². The van der Waals surface area contributed by atoms with Gasteiger partial charge in [-0.25, -0.2) is 0 Å². The van der Waals surface area contributed by atoms with Gasteiger partial charge >= 0.3 is 0 Å². The first-order valence-corrected chi connectivity index (χ1v) is 9.00. The fourth-order valence-electron chi connectivity index (χ4n) is 5.86. The van der Waals surface area contributed by atoms with E-state index in [0.29, 0.717) is 30.7 Å². The Balaban J connectivity index is 1.57. The van der Waals surface area contributed by atoms with E-state index in [0.717, 1.165) is 32.2 Å². The van der Waals surface area contributed by atoms with Gasteiger partial charge in [-0.05, 0) is 44.1 Å². The van der Waals surface area contributed by atoms with Crippen LogP contribution in [-0.2, 0) is 19.1 Å². The van der Waals surface area contributed by atoms with Gasteiger partial charge in [0.05, 0.1) is 18.1 Å². The highest BCUT2D eigenvalue weighted by atomic mass is 16.5. The quantitative estimate of drug-likeness (QED) is 0.720. The molecule has 5 nitrogen and oxygen atoms in total. The van der Waals surface area contributed by atoms with Gasteiger partial charge < -0.3 is 9.47 Å². The fourth-order valence-corrected chi connectivity index (χ4v) is 5.86. The molecule has 4 rings (SSSR count). The largest absolute Gasteiger partial charge is 0.379 e. The molecule has 2 heterocycles. The first kappa shape index (κ1) is 15.7. The number of Topliss-reactive ketones (excluding diaryl/α,β-unsaturated/α-hetero) is 2. The van der Waals surface area contributed by atoms with Crippen molar-refractivity contribution in [1.29, 1.82) is 0 Å². The summed E-state index contributed by atoms with van der Waals surface area (Å²) in [5, 5.41) is 0. The Labute approximate surface area is 137 Å². The van der Waals surface area contributed by atoms with Crippen LogP contribution in [0.5, 0.6) is 0 Å². The van der Waals surface area contributed by atoms with Gasteiger partial charge in [0.1, 0.15) is 11.6 Å². The lowest BCUT2D eigenvalue weighted by atomic mass is 9.65. The minimum atomic E-state index is -0.323. The lowest BCUT2D eigenvalue weighted by Crippen LogP contribution is -2.62. The molecule has 0 radical (unpaired) electrons. The van der Waals surface area contributed by atoms with Crippen molar-refractivity contribution in [3.63, 3.8) is 0 Å². The van der Waals surface area contributed by atoms with Crippen LogP contribution in [0.15, 0.2) is 0 Å². The molecule has 0 amide bonds. The van der Waals surface area contributed by atoms with E-state index in [1.807, 2.05) is 0 Å². The van der Waals surface area contributed by atoms with Crippen LogP contribution in [0.3, 0.4) is 0 Å². The first-order chi connectivity index (χ1) is 11.1. The molecule has 4 aliphatic rings. The topological polar surface area (TPSA) is 55.8 Å². The summed E-state index contributed by atoms with van der Waals surface area (Å²) in [7, 11) is 3.53. The second-order valence-electron chi connectivity index (χ2n) is 7.76. The molecule has 0 bridgehead atoms. The number of carbonyl (C=O) groups is 2. The molecule has 128 valence electrons. The minimum Gasteiger partial charge on any atom is -0.379 e. The van der Waals surface area contributed by atoms with Crippen molar-refractivity contribution in [3.05, 3.63) is 0 Å². The molecule has 23 heavy (non-hydrogen) atoms. The van der Waals surface area contributed by atoms with Crippen LogP contribution in [0.25, 0.3) is 0 Å². The molecule has 0 aromatic carbocycles. The summed E-state index contributed by atoms with van der Waals surface area (Å²) in [4.78, 5) is 27.2. The molecule has 0 aromatic heterocycles. The lowest BCUT2D eigenvalue weighted by Gasteiger charge is -2.54. The highest BCUT2D eigenvalue weighted by Crippen LogP contribution is 2.47. The Morgan fingerprint density at radius 2 is 1.70 bits per heavy atom. The summed E-state index contributed by atoms with van der Waals surface area (Å²) >= 11 is 0. The van der Waals surface area contributed by atoms with E-state index in [2.05, 4.69) is 4.90 Å². The number of methoxy groups -OCH3 is 2. The smallest absolute Gasteiger partial charge is 0.146 e. The maximum absolute atomic E-state index is 12.6. The summed E-state index contributed by atoms with van der Waals surface area (Å²) in [5.41, 5.74) is 0. The SMILES string of the molecule is COC1CC2CCN3[C@@H]4CCC(=O)[C@H]4C(=O)C[C@@H]3[C@H]2CC1OC. The number of hydrogen-bond donors (Lipinski definition) is 0. The molecule has 3 unspecified atom stereocenters. The van der Waals surface area contributed by atoms with Crippen LogP contribution in [-0.4, -0.2) is 61.5 Å². The Bertz CT molecular complexity index is 507. The zero-order valence-corrected chi connectivity index (χ0v) is 14.1. The Morgan fingerprint density at radius 3 is 2.43 bits per heavy atom. The van der Waals surface area contributed by atoms with Gasteiger partial charge in [-0.3, -0.25) is 14.5 Å². The van der Waals surface area contributed by atoms with Gasteiger partial charge in [-0.1, -0.05) is 0 Å². The number of carbonyl (C=O) groups excluding carboxylic acids is 2. The van der Waals surface area contributed by atoms with Gasteiger partial charge in [-0.2, -0.15) is 0 Å². The summed E-state index contributed by atoms with van der Waals surface area (Å²) in [6.45, 7) is 1.03. The average molecular weight is 321 g/mol. The molecule has 5 heteroatoms. The van der Waals surface area contributed by atoms with Crippen LogP contribution >= 0.6 is 0 Å². The van der Waals surface area contributed by atoms with E-state index in [-0.39, 0.29) is 35.7 Å². The zero-order valence-electron chi connectivity index (χ0n) is 14.1. The molecule has 4 fully saturated rings. The van der Waals surface area contributed by atoms with Crippen LogP contribution in [0.4, 0.5) is 0 Å². The number of hydrogen-bond acceptors (Lipinski definition) is 5. The summed E-state index contributed by atoms with van der Waals surface area (Å²) in [6.07, 6.45) is 5.48. The predicted octanol–water partition coefficient (Wildman–Crippen LogP) is 1.44. The summed E-state index contributed by atoms with van der Waals surface area (Å²) in [6, 6.07) is 0.486. The van der Waals surface area contributed by atoms with E-state index < -0.39 is 0 Å². The Morgan fingerprint density at radius 1 is 0.957 bits per heavy atom. The molecule has 2 aliphatic carbocycles. The van der Waals surface area contributed by atoms with Crippen LogP contribution in [0, 0.1) is 17.8 Å². The molecular weight excluding hydrogens is 294 g/mol. The molecule has 7 atom stereocenters. The third-order valence-corrected chi connectivity index (χ3v) is 6.94. The van der Waals surface area contributed by atoms with Crippen molar-refractivity contribution in [3.8, 4) is 0 Å². The first-order valence-electron chi connectivity index (χ1n) is 9.00. The number of fused-ring (bicyclic) bond motifs is 5. The molecule has 2 saturated heterocycles. The van der Waals surface area contributed by atoms with Gasteiger partial charge in [0.2, 0.25) is 0 Å². The van der Waals surface area contributed by atoms with Crippen LogP contribution in [0.2, 0.25) is 0 Å². The van der Waals surface area contributed by atoms with E-state index >= 15 is 0 Å². The predicted molar refractivity (Wildman–Crippen MR) is 84.1 cm³/mol. The summed E-state index contributed by atoms with van der Waals surface area (Å²) < 4.78 is 11.3. The van der Waals surface area contributed by atoms with Gasteiger partial charge in [0.25, 0.3) is 0 Å². The van der Waals surface area contributed by atoms with E-state index in [1.165, 1.54) is 0 Å². The highest BCUT2D eigenvalue weighted by molar-refractivity contribution is 6.05. The number of ketones is 2. The molecule has 2 aliphatic heterocycles. The van der Waals surface area contributed by atoms with Crippen molar-refractivity contribution in [1.82, 2.24) is 4.90 Å². The van der Waals surface area contributed by atoms with Crippen molar-refractivity contribution >= 4 is 11.6 Å². The average Bonchev–Trinajstić information content (AvgIpc) is 2.96. The Hall–Kier alpha value is -0.780. The van der Waals surface area contributed by atoms with Crippen LogP contribution < -0.4 is 0 Å². The zero-order chi connectivity index (χ0) is 16.1. The van der Waals surface area contributed by atoms with E-state index in [1.54, 1.807) is 14.2 Å². The third kappa shape index (κ3) is 2.39. The van der Waals surface area contributed by atoms with Crippen molar-refractivity contribution in [2.45, 2.75) is 62.8 Å². The van der Waals surface area contributed by atoms with Gasteiger partial charge in [0.15, 0.2) is 0 Å². The van der Waals surface area contributed by atoms with Crippen LogP contribution in [0.1, 0.15) is 38.5 Å². The normalized spacial score (nSPS) is 47.1. The summed E-state index contributed by atoms with van der Waals surface area (Å²) in [5.74, 6) is 1.17. The fraction of sp³-hybridized carbons (Fsp3) is 0.889. The molecule has 0 spiro atoms. The second-order valence-corrected chi connectivity index (χ2v) is 7.76. The highest BCUT2D eigenvalue weighted by Gasteiger charge is 2.54. The number of nitrogens with zero attached hydrogens (tertiary/aromatic N) is 1. The Kier molecular flexibility index (Phi) is 4.06. The second kappa shape index (κ2) is 5.94. The van der Waals surface area contributed by atoms with Crippen molar-refractivity contribution in [2.24, 2.45) is 17.8 Å². The van der Waals surface area contributed by atoms with Gasteiger partial charge in [-0.15, -0.1) is 0 Å². The van der Waals surface area contributed by atoms with Crippen molar-refractivity contribution < 1.29 is 19.1 Å². The standard InChI is InChI=1S/C18H27NO4/c1-22-16-7-10-5-6-19-12-3-4-14(20)18(12)15(21)9-13(19)11(10)8-17(16)23-2/h10-13,16-18H,3-9H2,1-2H3/t10?,11-,12+,13+,16?,17?,18-/m0/s1. The maximum atomic E-state index is 12.6. The minimum absolute atomic E-state index is 0.124. The lowest BCUT2D eigenvalue weighted by molar-refractivity contribution is -0.149. The number of piperidine rings is 2. The van der Waals surface area contributed by atoms with Crippen molar-refractivity contribution in [2.75, 3.05) is 20.8 Å². The molecule has 0 aromatic rings. The van der Waals surface area contributed by atoms with E-state index in [4.69, 9.17) is 9.47 Å². The number of ether oxygens (including phenoxy) is 2. The molecule has 0 N–H and O–H groups in total. The maximum Gasteiger partial charge on any atom is 0.146 e. The van der Waals surface area contributed by atoms with Gasteiger partial charge in [0, 0.05) is 39.1 Å². The monoisotopic (exact) mass is 321 g/mol.